The van der Waals surface area contributed by atoms with E-state index in [4.69, 9.17) is 23.2 Å². The summed E-state index contributed by atoms with van der Waals surface area (Å²) in [6.07, 6.45) is 4.94. The zero-order chi connectivity index (χ0) is 21.0. The average Bonchev–Trinajstić information content (AvgIpc) is 2.72. The largest absolute Gasteiger partial charge is 0.339 e. The first-order valence-electron chi connectivity index (χ1n) is 9.23. The molecule has 0 bridgehead atoms. The number of benzene rings is 2. The summed E-state index contributed by atoms with van der Waals surface area (Å²) in [7, 11) is -3.82. The predicted molar refractivity (Wildman–Crippen MR) is 118 cm³/mol. The van der Waals surface area contributed by atoms with Crippen LogP contribution in [-0.2, 0) is 16.6 Å². The summed E-state index contributed by atoms with van der Waals surface area (Å²) in [5.41, 5.74) is 1.04. The standard InChI is InChI=1S/C20H22Cl2N2O3S2/c1-28-19-8-7-16(12-17(19)20(25)24-9-3-2-4-10-24)29(26,27)23-13-14-5-6-15(21)11-18(14)22/h5-8,11-12,23H,2-4,9-10,13H2,1H3. The number of carbonyl (C=O) groups is 1. The number of sulfonamides is 1. The van der Waals surface area contributed by atoms with Crippen LogP contribution >= 0.6 is 35.0 Å². The van der Waals surface area contributed by atoms with Crippen molar-refractivity contribution in [2.24, 2.45) is 0 Å². The number of halogens is 2. The van der Waals surface area contributed by atoms with Gasteiger partial charge in [-0.1, -0.05) is 29.3 Å². The summed E-state index contributed by atoms with van der Waals surface area (Å²) in [5, 5.41) is 0.869. The number of nitrogens with zero attached hydrogens (tertiary/aromatic N) is 1. The number of amides is 1. The van der Waals surface area contributed by atoms with Gasteiger partial charge in [0.25, 0.3) is 5.91 Å². The van der Waals surface area contributed by atoms with Gasteiger partial charge in [0.1, 0.15) is 0 Å². The Kier molecular flexibility index (Phi) is 7.51. The molecule has 2 aromatic rings. The van der Waals surface area contributed by atoms with Crippen LogP contribution < -0.4 is 4.72 Å². The van der Waals surface area contributed by atoms with E-state index in [2.05, 4.69) is 4.72 Å². The van der Waals surface area contributed by atoms with Crippen LogP contribution in [0.5, 0.6) is 0 Å². The van der Waals surface area contributed by atoms with Gasteiger partial charge in [0.05, 0.1) is 10.5 Å². The Morgan fingerprint density at radius 2 is 1.83 bits per heavy atom. The van der Waals surface area contributed by atoms with E-state index >= 15 is 0 Å². The minimum Gasteiger partial charge on any atom is -0.339 e. The molecule has 156 valence electrons. The maximum absolute atomic E-state index is 13.0. The lowest BCUT2D eigenvalue weighted by Gasteiger charge is -2.27. The molecule has 9 heteroatoms. The Morgan fingerprint density at radius 1 is 1.10 bits per heavy atom. The minimum atomic E-state index is -3.82. The third-order valence-electron chi connectivity index (χ3n) is 4.82. The highest BCUT2D eigenvalue weighted by Crippen LogP contribution is 2.27. The highest BCUT2D eigenvalue weighted by molar-refractivity contribution is 7.98. The fourth-order valence-corrected chi connectivity index (χ4v) is 5.29. The van der Waals surface area contributed by atoms with Gasteiger partial charge in [-0.2, -0.15) is 0 Å². The predicted octanol–water partition coefficient (Wildman–Crippen LogP) is 4.82. The number of rotatable bonds is 6. The van der Waals surface area contributed by atoms with Crippen LogP contribution in [0.15, 0.2) is 46.2 Å². The van der Waals surface area contributed by atoms with Crippen molar-refractivity contribution < 1.29 is 13.2 Å². The molecule has 1 aliphatic rings. The molecule has 2 aromatic carbocycles. The summed E-state index contributed by atoms with van der Waals surface area (Å²) in [4.78, 5) is 15.6. The van der Waals surface area contributed by atoms with E-state index in [0.29, 0.717) is 34.3 Å². The summed E-state index contributed by atoms with van der Waals surface area (Å²) >= 11 is 13.4. The molecule has 1 heterocycles. The smallest absolute Gasteiger partial charge is 0.255 e. The highest BCUT2D eigenvalue weighted by Gasteiger charge is 2.24. The third kappa shape index (κ3) is 5.47. The molecule has 0 aliphatic carbocycles. The molecule has 0 radical (unpaired) electrons. The van der Waals surface area contributed by atoms with E-state index in [1.807, 2.05) is 6.26 Å². The fraction of sp³-hybridized carbons (Fsp3) is 0.350. The topological polar surface area (TPSA) is 66.5 Å². The molecule has 5 nitrogen and oxygen atoms in total. The van der Waals surface area contributed by atoms with Gasteiger partial charge in [-0.05, 0) is 61.4 Å². The van der Waals surface area contributed by atoms with E-state index in [0.717, 1.165) is 24.2 Å². The van der Waals surface area contributed by atoms with Crippen molar-refractivity contribution in [2.75, 3.05) is 19.3 Å². The van der Waals surface area contributed by atoms with Gasteiger partial charge in [0, 0.05) is 34.6 Å². The van der Waals surface area contributed by atoms with Gasteiger partial charge in [-0.15, -0.1) is 11.8 Å². The maximum Gasteiger partial charge on any atom is 0.255 e. The van der Waals surface area contributed by atoms with Crippen molar-refractivity contribution in [3.05, 3.63) is 57.6 Å². The maximum atomic E-state index is 13.0. The molecule has 3 rings (SSSR count). The fourth-order valence-electron chi connectivity index (χ4n) is 3.21. The normalized spacial score (nSPS) is 14.8. The van der Waals surface area contributed by atoms with Crippen molar-refractivity contribution in [1.82, 2.24) is 9.62 Å². The van der Waals surface area contributed by atoms with Gasteiger partial charge in [-0.3, -0.25) is 4.79 Å². The number of piperidine rings is 1. The second kappa shape index (κ2) is 9.71. The van der Waals surface area contributed by atoms with Crippen LogP contribution in [0.1, 0.15) is 35.2 Å². The zero-order valence-electron chi connectivity index (χ0n) is 16.0. The molecule has 0 aromatic heterocycles. The van der Waals surface area contributed by atoms with E-state index in [1.165, 1.54) is 23.9 Å². The van der Waals surface area contributed by atoms with Crippen LogP contribution in [-0.4, -0.2) is 38.6 Å². The lowest BCUT2D eigenvalue weighted by molar-refractivity contribution is 0.0720. The number of hydrogen-bond donors (Lipinski definition) is 1. The zero-order valence-corrected chi connectivity index (χ0v) is 19.1. The molecule has 0 saturated carbocycles. The molecule has 0 unspecified atom stereocenters. The minimum absolute atomic E-state index is 0.0258. The Hall–Kier alpha value is -1.25. The molecular weight excluding hydrogens is 451 g/mol. The molecule has 1 amide bonds. The molecule has 1 saturated heterocycles. The summed E-state index contributed by atoms with van der Waals surface area (Å²) < 4.78 is 28.2. The van der Waals surface area contributed by atoms with Crippen LogP contribution in [0.4, 0.5) is 0 Å². The van der Waals surface area contributed by atoms with Crippen molar-refractivity contribution in [3.63, 3.8) is 0 Å². The van der Waals surface area contributed by atoms with Gasteiger partial charge in [0.15, 0.2) is 0 Å². The summed E-state index contributed by atoms with van der Waals surface area (Å²) in [5.74, 6) is -0.119. The first-order chi connectivity index (χ1) is 13.8. The number of hydrogen-bond acceptors (Lipinski definition) is 4. The van der Waals surface area contributed by atoms with Crippen LogP contribution in [0.25, 0.3) is 0 Å². The molecule has 1 fully saturated rings. The molecule has 0 atom stereocenters. The number of carbonyl (C=O) groups excluding carboxylic acids is 1. The highest BCUT2D eigenvalue weighted by atomic mass is 35.5. The van der Waals surface area contributed by atoms with E-state index in [-0.39, 0.29) is 17.3 Å². The molecule has 1 aliphatic heterocycles. The Labute approximate surface area is 185 Å². The first kappa shape index (κ1) is 22.4. The van der Waals surface area contributed by atoms with E-state index in [9.17, 15) is 13.2 Å². The molecule has 0 spiro atoms. The molecule has 29 heavy (non-hydrogen) atoms. The van der Waals surface area contributed by atoms with Gasteiger partial charge in [0.2, 0.25) is 10.0 Å². The van der Waals surface area contributed by atoms with Crippen LogP contribution in [0.3, 0.4) is 0 Å². The Morgan fingerprint density at radius 3 is 2.48 bits per heavy atom. The summed E-state index contributed by atoms with van der Waals surface area (Å²) in [6, 6.07) is 9.56. The second-order valence-corrected chi connectivity index (χ2v) is 10.2. The van der Waals surface area contributed by atoms with E-state index in [1.54, 1.807) is 29.2 Å². The summed E-state index contributed by atoms with van der Waals surface area (Å²) in [6.45, 7) is 1.44. The average molecular weight is 473 g/mol. The van der Waals surface area contributed by atoms with E-state index < -0.39 is 10.0 Å². The second-order valence-electron chi connectivity index (χ2n) is 6.78. The molecular formula is C20H22Cl2N2O3S2. The van der Waals surface area contributed by atoms with Gasteiger partial charge < -0.3 is 4.90 Å². The lowest BCUT2D eigenvalue weighted by Crippen LogP contribution is -2.36. The van der Waals surface area contributed by atoms with Crippen LogP contribution in [0.2, 0.25) is 10.0 Å². The van der Waals surface area contributed by atoms with Gasteiger partial charge in [-0.25, -0.2) is 13.1 Å². The van der Waals surface area contributed by atoms with Crippen molar-refractivity contribution in [1.29, 1.82) is 0 Å². The quantitative estimate of drug-likeness (QED) is 0.611. The van der Waals surface area contributed by atoms with Crippen molar-refractivity contribution in [3.8, 4) is 0 Å². The number of thioether (sulfide) groups is 1. The van der Waals surface area contributed by atoms with Crippen molar-refractivity contribution >= 4 is 50.9 Å². The Bertz CT molecular complexity index is 1010. The monoisotopic (exact) mass is 472 g/mol. The number of nitrogens with one attached hydrogen (secondary N) is 1. The SMILES string of the molecule is CSc1ccc(S(=O)(=O)NCc2ccc(Cl)cc2Cl)cc1C(=O)N1CCCCC1. The van der Waals surface area contributed by atoms with Crippen LogP contribution in [0, 0.1) is 0 Å². The van der Waals surface area contributed by atoms with Gasteiger partial charge >= 0.3 is 0 Å². The Balaban J connectivity index is 1.84. The molecule has 1 N–H and O–H groups in total. The number of likely N-dealkylation sites (tertiary alicyclic amines) is 1. The first-order valence-corrected chi connectivity index (χ1v) is 12.7. The lowest BCUT2D eigenvalue weighted by atomic mass is 10.1. The van der Waals surface area contributed by atoms with Crippen molar-refractivity contribution in [2.45, 2.75) is 35.6 Å². The third-order valence-corrected chi connectivity index (χ3v) is 7.60.